The van der Waals surface area contributed by atoms with Gasteiger partial charge in [0.25, 0.3) is 17.7 Å². The number of aryl methyl sites for hydroxylation is 2. The van der Waals surface area contributed by atoms with E-state index in [-0.39, 0.29) is 29.7 Å². The van der Waals surface area contributed by atoms with Crippen molar-refractivity contribution in [1.29, 1.82) is 0 Å². The second-order valence-electron chi connectivity index (χ2n) is 15.5. The number of nitrogens with zero attached hydrogens (tertiary/aromatic N) is 3. The summed E-state index contributed by atoms with van der Waals surface area (Å²) in [6.45, 7) is 5.61. The highest BCUT2D eigenvalue weighted by Crippen LogP contribution is 2.39. The molecule has 6 aromatic rings. The third-order valence-corrected chi connectivity index (χ3v) is 11.2. The molecular weight excluding hydrogens is 809 g/mol. The number of aromatic nitrogens is 2. The van der Waals surface area contributed by atoms with Crippen LogP contribution in [0.3, 0.4) is 0 Å². The van der Waals surface area contributed by atoms with E-state index in [4.69, 9.17) is 24.5 Å². The molecule has 4 heterocycles. The van der Waals surface area contributed by atoms with E-state index < -0.39 is 48.1 Å². The summed E-state index contributed by atoms with van der Waals surface area (Å²) < 4.78 is 25.3. The number of hydrogen-bond donors (Lipinski definition) is 3. The van der Waals surface area contributed by atoms with Gasteiger partial charge in [0.2, 0.25) is 17.7 Å². The second kappa shape index (κ2) is 18.3. The molecule has 2 aliphatic rings. The SMILES string of the molecule is Cc1noc(C)c1-c1cc(C(N)=O)c2c3cc(OCCCCOCCCNC(=O)COc4cccc5c4C(=O)N(C4CCC(=O)NC4=O)C5=O)ccc3n(Cc3ccccc3)c2c1. The summed E-state index contributed by atoms with van der Waals surface area (Å²) in [5.41, 5.74) is 11.7. The Kier molecular flexibility index (Phi) is 12.3. The fourth-order valence-electron chi connectivity index (χ4n) is 8.26. The molecule has 0 bridgehead atoms. The summed E-state index contributed by atoms with van der Waals surface area (Å²) in [6, 6.07) is 23.3. The molecule has 16 nitrogen and oxygen atoms in total. The standard InChI is InChI=1S/C47H46N6O10/c1-27-41(28(2)63-51-27)30-22-34(44(48)56)42-33-24-31(14-15-35(33)52(37(42)23-30)25-29-10-4-3-5-11-29)61-21-7-6-19-60-20-9-18-49-40(55)26-62-38-13-8-12-32-43(38)47(59)53(46(32)58)36-16-17-39(54)50-45(36)57/h3-5,8,10-15,22-24,36H,6-7,9,16-21,25-26H2,1-2H3,(H2,48,56)(H,49,55)(H,50,54,57). The maximum atomic E-state index is 13.3. The van der Waals surface area contributed by atoms with E-state index >= 15 is 0 Å². The Morgan fingerprint density at radius 3 is 2.43 bits per heavy atom. The van der Waals surface area contributed by atoms with Gasteiger partial charge in [-0.2, -0.15) is 0 Å². The lowest BCUT2D eigenvalue weighted by molar-refractivity contribution is -0.136. The Hall–Kier alpha value is -7.33. The summed E-state index contributed by atoms with van der Waals surface area (Å²) in [6.07, 6.45) is 2.08. The molecule has 0 spiro atoms. The average molecular weight is 855 g/mol. The first-order chi connectivity index (χ1) is 30.5. The molecule has 1 atom stereocenters. The lowest BCUT2D eigenvalue weighted by atomic mass is 9.97. The van der Waals surface area contributed by atoms with Gasteiger partial charge in [0.1, 0.15) is 23.3 Å². The van der Waals surface area contributed by atoms with Crippen molar-refractivity contribution in [2.45, 2.75) is 58.5 Å². The fourth-order valence-corrected chi connectivity index (χ4v) is 8.26. The van der Waals surface area contributed by atoms with Crippen molar-refractivity contribution in [2.75, 3.05) is 33.0 Å². The minimum atomic E-state index is -1.11. The molecule has 4 aromatic carbocycles. The van der Waals surface area contributed by atoms with Crippen LogP contribution in [0, 0.1) is 13.8 Å². The van der Waals surface area contributed by atoms with E-state index in [2.05, 4.69) is 38.6 Å². The van der Waals surface area contributed by atoms with Crippen LogP contribution in [-0.2, 0) is 25.7 Å². The van der Waals surface area contributed by atoms with Gasteiger partial charge in [-0.3, -0.25) is 39.0 Å². The summed E-state index contributed by atoms with van der Waals surface area (Å²) in [7, 11) is 0. The Morgan fingerprint density at radius 2 is 1.67 bits per heavy atom. The molecule has 0 aliphatic carbocycles. The average Bonchev–Trinajstić information content (AvgIpc) is 3.86. The third kappa shape index (κ3) is 8.75. The van der Waals surface area contributed by atoms with E-state index in [1.807, 2.05) is 56.3 Å². The number of benzene rings is 4. The largest absolute Gasteiger partial charge is 0.494 e. The van der Waals surface area contributed by atoms with Gasteiger partial charge in [0, 0.05) is 60.1 Å². The van der Waals surface area contributed by atoms with Gasteiger partial charge < -0.3 is 34.4 Å². The van der Waals surface area contributed by atoms with Crippen LogP contribution >= 0.6 is 0 Å². The molecule has 6 amide bonds. The molecule has 0 saturated carbocycles. The van der Waals surface area contributed by atoms with Crippen LogP contribution in [0.15, 0.2) is 83.4 Å². The Balaban J connectivity index is 0.804. The Morgan fingerprint density at radius 1 is 0.873 bits per heavy atom. The topological polar surface area (TPSA) is 214 Å². The molecule has 0 radical (unpaired) electrons. The van der Waals surface area contributed by atoms with Gasteiger partial charge in [0.05, 0.1) is 28.9 Å². The molecule has 16 heteroatoms. The Bertz CT molecular complexity index is 2760. The number of hydrogen-bond acceptors (Lipinski definition) is 11. The first-order valence-electron chi connectivity index (χ1n) is 20.8. The minimum Gasteiger partial charge on any atom is -0.494 e. The van der Waals surface area contributed by atoms with Crippen molar-refractivity contribution < 1.29 is 47.5 Å². The molecule has 8 rings (SSSR count). The van der Waals surface area contributed by atoms with Crippen LogP contribution in [0.5, 0.6) is 11.5 Å². The monoisotopic (exact) mass is 854 g/mol. The van der Waals surface area contributed by atoms with Crippen LogP contribution in [-0.4, -0.2) is 89.1 Å². The molecule has 1 saturated heterocycles. The zero-order valence-electron chi connectivity index (χ0n) is 34.9. The zero-order chi connectivity index (χ0) is 44.2. The van der Waals surface area contributed by atoms with Crippen LogP contribution < -0.4 is 25.8 Å². The number of imide groups is 2. The molecule has 2 aromatic heterocycles. The van der Waals surface area contributed by atoms with Gasteiger partial charge in [-0.05, 0) is 93.1 Å². The van der Waals surface area contributed by atoms with Crippen LogP contribution in [0.1, 0.15) is 80.2 Å². The lowest BCUT2D eigenvalue weighted by Crippen LogP contribution is -2.54. The highest BCUT2D eigenvalue weighted by atomic mass is 16.5. The fraction of sp³-hybridized carbons (Fsp3) is 0.298. The maximum absolute atomic E-state index is 13.3. The molecule has 4 N–H and O–H groups in total. The molecule has 1 unspecified atom stereocenters. The molecule has 324 valence electrons. The quantitative estimate of drug-likeness (QED) is 0.0738. The highest BCUT2D eigenvalue weighted by molar-refractivity contribution is 6.24. The van der Waals surface area contributed by atoms with E-state index in [1.54, 1.807) is 0 Å². The molecule has 63 heavy (non-hydrogen) atoms. The van der Waals surface area contributed by atoms with Crippen molar-refractivity contribution in [1.82, 2.24) is 25.3 Å². The van der Waals surface area contributed by atoms with Crippen molar-refractivity contribution in [3.63, 3.8) is 0 Å². The number of carbonyl (C=O) groups excluding carboxylic acids is 6. The number of unbranched alkanes of at least 4 members (excludes halogenated alkanes) is 1. The van der Waals surface area contributed by atoms with Gasteiger partial charge in [0.15, 0.2) is 6.61 Å². The minimum absolute atomic E-state index is 0.00766. The smallest absolute Gasteiger partial charge is 0.266 e. The highest BCUT2D eigenvalue weighted by Gasteiger charge is 2.46. The summed E-state index contributed by atoms with van der Waals surface area (Å²) >= 11 is 0. The number of rotatable bonds is 18. The number of piperidine rings is 1. The number of nitrogens with one attached hydrogen (secondary N) is 2. The molecule has 1 fully saturated rings. The number of ether oxygens (including phenoxy) is 3. The van der Waals surface area contributed by atoms with Crippen LogP contribution in [0.2, 0.25) is 0 Å². The van der Waals surface area contributed by atoms with Crippen LogP contribution in [0.4, 0.5) is 0 Å². The van der Waals surface area contributed by atoms with E-state index in [0.717, 1.165) is 61.9 Å². The van der Waals surface area contributed by atoms with Gasteiger partial charge in [-0.15, -0.1) is 0 Å². The summed E-state index contributed by atoms with van der Waals surface area (Å²) in [5.74, 6) is -2.13. The normalized spacial score (nSPS) is 15.0. The number of carbonyl (C=O) groups is 6. The van der Waals surface area contributed by atoms with Crippen molar-refractivity contribution in [3.05, 3.63) is 113 Å². The van der Waals surface area contributed by atoms with Crippen molar-refractivity contribution in [3.8, 4) is 22.6 Å². The number of nitrogens with two attached hydrogens (primary N) is 1. The van der Waals surface area contributed by atoms with Gasteiger partial charge in [-0.25, -0.2) is 0 Å². The lowest BCUT2D eigenvalue weighted by Gasteiger charge is -2.27. The predicted molar refractivity (Wildman–Crippen MR) is 230 cm³/mol. The summed E-state index contributed by atoms with van der Waals surface area (Å²) in [4.78, 5) is 76.7. The maximum Gasteiger partial charge on any atom is 0.266 e. The number of primary amides is 1. The number of fused-ring (bicyclic) bond motifs is 4. The van der Waals surface area contributed by atoms with Gasteiger partial charge in [-0.1, -0.05) is 41.6 Å². The summed E-state index contributed by atoms with van der Waals surface area (Å²) in [5, 5.41) is 10.7. The van der Waals surface area contributed by atoms with Crippen molar-refractivity contribution in [2.24, 2.45) is 5.73 Å². The van der Waals surface area contributed by atoms with Gasteiger partial charge >= 0.3 is 0 Å². The molecule has 2 aliphatic heterocycles. The second-order valence-corrected chi connectivity index (χ2v) is 15.5. The van der Waals surface area contributed by atoms with E-state index in [0.29, 0.717) is 56.4 Å². The van der Waals surface area contributed by atoms with E-state index in [9.17, 15) is 28.8 Å². The zero-order valence-corrected chi connectivity index (χ0v) is 34.9. The first-order valence-corrected chi connectivity index (χ1v) is 20.8. The Labute approximate surface area is 361 Å². The molecular formula is C47H46N6O10. The first kappa shape index (κ1) is 42.4. The van der Waals surface area contributed by atoms with Crippen LogP contribution in [0.25, 0.3) is 32.9 Å². The number of amides is 6. The predicted octanol–water partition coefficient (Wildman–Crippen LogP) is 5.38. The third-order valence-electron chi connectivity index (χ3n) is 11.2. The van der Waals surface area contributed by atoms with Crippen molar-refractivity contribution >= 4 is 57.2 Å². The van der Waals surface area contributed by atoms with E-state index in [1.165, 1.54) is 18.2 Å².